The molecular weight excluding hydrogens is 207 g/mol. The van der Waals surface area contributed by atoms with E-state index < -0.39 is 0 Å². The Bertz CT molecular complexity index is 331. The van der Waals surface area contributed by atoms with Gasteiger partial charge < -0.3 is 10.8 Å². The van der Waals surface area contributed by atoms with Crippen LogP contribution in [0.15, 0.2) is 18.2 Å². The number of nitrogens with zero attached hydrogens (tertiary/aromatic N) is 1. The van der Waals surface area contributed by atoms with E-state index >= 15 is 0 Å². The first kappa shape index (κ1) is 12.9. The fraction of sp³-hybridized carbons (Fsp3) is 0.500. The molecule has 0 radical (unpaired) electrons. The Hall–Kier alpha value is -1.13. The second kappa shape index (κ2) is 6.45. The molecule has 3 nitrogen and oxygen atoms in total. The van der Waals surface area contributed by atoms with Crippen LogP contribution in [-0.2, 0) is 6.54 Å². The van der Waals surface area contributed by atoms with Gasteiger partial charge in [0.1, 0.15) is 5.82 Å². The lowest BCUT2D eigenvalue weighted by atomic mass is 10.1. The van der Waals surface area contributed by atoms with Crippen LogP contribution in [0.4, 0.5) is 10.1 Å². The predicted octanol–water partition coefficient (Wildman–Crippen LogP) is 1.61. The van der Waals surface area contributed by atoms with Crippen LogP contribution in [0.2, 0.25) is 0 Å². The number of hydrogen-bond donors (Lipinski definition) is 2. The summed E-state index contributed by atoms with van der Waals surface area (Å²) in [6, 6.07) is 4.42. The normalized spacial score (nSPS) is 11.0. The van der Waals surface area contributed by atoms with Crippen LogP contribution in [0.25, 0.3) is 0 Å². The van der Waals surface area contributed by atoms with Gasteiger partial charge in [-0.15, -0.1) is 0 Å². The molecule has 0 amide bonds. The molecule has 0 atom stereocenters. The van der Waals surface area contributed by atoms with Crippen molar-refractivity contribution in [2.75, 3.05) is 25.4 Å². The lowest BCUT2D eigenvalue weighted by molar-refractivity contribution is 0.225. The SMILES string of the molecule is CCN(CCCO)Cc1cc(F)ccc1N. The average Bonchev–Trinajstić information content (AvgIpc) is 2.28. The molecule has 0 aromatic heterocycles. The van der Waals surface area contributed by atoms with E-state index in [1.54, 1.807) is 6.07 Å². The van der Waals surface area contributed by atoms with Crippen molar-refractivity contribution < 1.29 is 9.50 Å². The van der Waals surface area contributed by atoms with Crippen LogP contribution in [0.5, 0.6) is 0 Å². The summed E-state index contributed by atoms with van der Waals surface area (Å²) in [6.07, 6.45) is 0.725. The summed E-state index contributed by atoms with van der Waals surface area (Å²) in [7, 11) is 0. The molecule has 0 spiro atoms. The number of rotatable bonds is 6. The Morgan fingerprint density at radius 1 is 1.44 bits per heavy atom. The van der Waals surface area contributed by atoms with Crippen molar-refractivity contribution in [1.82, 2.24) is 4.90 Å². The topological polar surface area (TPSA) is 49.5 Å². The van der Waals surface area contributed by atoms with Gasteiger partial charge in [0.05, 0.1) is 0 Å². The van der Waals surface area contributed by atoms with E-state index in [-0.39, 0.29) is 12.4 Å². The predicted molar refractivity (Wildman–Crippen MR) is 63.5 cm³/mol. The van der Waals surface area contributed by atoms with Crippen LogP contribution < -0.4 is 5.73 Å². The van der Waals surface area contributed by atoms with Crippen molar-refractivity contribution in [3.05, 3.63) is 29.6 Å². The highest BCUT2D eigenvalue weighted by atomic mass is 19.1. The number of hydrogen-bond acceptors (Lipinski definition) is 3. The second-order valence-corrected chi connectivity index (χ2v) is 3.79. The van der Waals surface area contributed by atoms with Gasteiger partial charge in [0.2, 0.25) is 0 Å². The smallest absolute Gasteiger partial charge is 0.123 e. The molecule has 0 aliphatic carbocycles. The van der Waals surface area contributed by atoms with Gasteiger partial charge in [-0.1, -0.05) is 6.92 Å². The lowest BCUT2D eigenvalue weighted by Crippen LogP contribution is -2.25. The Labute approximate surface area is 95.7 Å². The van der Waals surface area contributed by atoms with Crippen LogP contribution in [0, 0.1) is 5.82 Å². The van der Waals surface area contributed by atoms with Gasteiger partial charge in [-0.2, -0.15) is 0 Å². The minimum atomic E-state index is -0.262. The molecule has 3 N–H and O–H groups in total. The van der Waals surface area contributed by atoms with Gasteiger partial charge in [0, 0.05) is 25.4 Å². The van der Waals surface area contributed by atoms with E-state index in [2.05, 4.69) is 4.90 Å². The fourth-order valence-corrected chi connectivity index (χ4v) is 1.60. The number of nitrogen functional groups attached to an aromatic ring is 1. The van der Waals surface area contributed by atoms with E-state index in [1.165, 1.54) is 12.1 Å². The van der Waals surface area contributed by atoms with Gasteiger partial charge in [0.15, 0.2) is 0 Å². The minimum Gasteiger partial charge on any atom is -0.398 e. The molecule has 90 valence electrons. The molecule has 0 aliphatic heterocycles. The molecular formula is C12H19FN2O. The lowest BCUT2D eigenvalue weighted by Gasteiger charge is -2.20. The summed E-state index contributed by atoms with van der Waals surface area (Å²) in [5.74, 6) is -0.262. The summed E-state index contributed by atoms with van der Waals surface area (Å²) in [4.78, 5) is 2.13. The Morgan fingerprint density at radius 3 is 2.81 bits per heavy atom. The van der Waals surface area contributed by atoms with Crippen molar-refractivity contribution >= 4 is 5.69 Å². The molecule has 1 aromatic rings. The summed E-state index contributed by atoms with van der Waals surface area (Å²) in [5.41, 5.74) is 7.20. The van der Waals surface area contributed by atoms with Crippen LogP contribution in [-0.4, -0.2) is 29.7 Å². The molecule has 1 aromatic carbocycles. The largest absolute Gasteiger partial charge is 0.398 e. The Balaban J connectivity index is 2.65. The summed E-state index contributed by atoms with van der Waals surface area (Å²) >= 11 is 0. The third kappa shape index (κ3) is 3.79. The van der Waals surface area contributed by atoms with E-state index in [9.17, 15) is 4.39 Å². The van der Waals surface area contributed by atoms with Gasteiger partial charge in [0.25, 0.3) is 0 Å². The van der Waals surface area contributed by atoms with Gasteiger partial charge in [-0.05, 0) is 36.7 Å². The molecule has 4 heteroatoms. The number of benzene rings is 1. The van der Waals surface area contributed by atoms with Gasteiger partial charge >= 0.3 is 0 Å². The Morgan fingerprint density at radius 2 is 2.19 bits per heavy atom. The molecule has 0 heterocycles. The summed E-state index contributed by atoms with van der Waals surface area (Å²) in [5, 5.41) is 8.76. The molecule has 1 rings (SSSR count). The van der Waals surface area contributed by atoms with Crippen molar-refractivity contribution in [2.45, 2.75) is 19.9 Å². The third-order valence-electron chi connectivity index (χ3n) is 2.58. The summed E-state index contributed by atoms with van der Waals surface area (Å²) in [6.45, 7) is 4.49. The Kier molecular flexibility index (Phi) is 5.22. The van der Waals surface area contributed by atoms with Crippen molar-refractivity contribution in [3.63, 3.8) is 0 Å². The number of aliphatic hydroxyl groups is 1. The van der Waals surface area contributed by atoms with Crippen LogP contribution >= 0.6 is 0 Å². The monoisotopic (exact) mass is 226 g/mol. The van der Waals surface area contributed by atoms with E-state index in [0.717, 1.165) is 25.1 Å². The zero-order chi connectivity index (χ0) is 12.0. The number of halogens is 1. The second-order valence-electron chi connectivity index (χ2n) is 3.79. The number of anilines is 1. The zero-order valence-corrected chi connectivity index (χ0v) is 9.62. The van der Waals surface area contributed by atoms with Gasteiger partial charge in [-0.3, -0.25) is 4.90 Å². The van der Waals surface area contributed by atoms with Crippen molar-refractivity contribution in [2.24, 2.45) is 0 Å². The maximum absolute atomic E-state index is 13.0. The van der Waals surface area contributed by atoms with Crippen LogP contribution in [0.3, 0.4) is 0 Å². The maximum Gasteiger partial charge on any atom is 0.123 e. The minimum absolute atomic E-state index is 0.176. The highest BCUT2D eigenvalue weighted by molar-refractivity contribution is 5.46. The van der Waals surface area contributed by atoms with Crippen molar-refractivity contribution in [1.29, 1.82) is 0 Å². The molecule has 0 unspecified atom stereocenters. The first-order valence-electron chi connectivity index (χ1n) is 5.54. The molecule has 16 heavy (non-hydrogen) atoms. The molecule has 0 saturated carbocycles. The molecule has 0 bridgehead atoms. The average molecular weight is 226 g/mol. The van der Waals surface area contributed by atoms with Gasteiger partial charge in [-0.25, -0.2) is 4.39 Å². The summed E-state index contributed by atoms with van der Waals surface area (Å²) < 4.78 is 13.0. The van der Waals surface area contributed by atoms with Crippen molar-refractivity contribution in [3.8, 4) is 0 Å². The first-order valence-corrected chi connectivity index (χ1v) is 5.54. The molecule has 0 saturated heterocycles. The highest BCUT2D eigenvalue weighted by Gasteiger charge is 2.07. The quantitative estimate of drug-likeness (QED) is 0.725. The molecule has 0 fully saturated rings. The number of aliphatic hydroxyl groups excluding tert-OH is 1. The zero-order valence-electron chi connectivity index (χ0n) is 9.62. The standard InChI is InChI=1S/C12H19FN2O/c1-2-15(6-3-7-16)9-10-8-11(13)4-5-12(10)14/h4-5,8,16H,2-3,6-7,9,14H2,1H3. The highest BCUT2D eigenvalue weighted by Crippen LogP contribution is 2.15. The maximum atomic E-state index is 13.0. The number of nitrogens with two attached hydrogens (primary N) is 1. The fourth-order valence-electron chi connectivity index (χ4n) is 1.60. The first-order chi connectivity index (χ1) is 7.67. The van der Waals surface area contributed by atoms with E-state index in [0.29, 0.717) is 12.2 Å². The van der Waals surface area contributed by atoms with E-state index in [4.69, 9.17) is 10.8 Å². The molecule has 0 aliphatic rings. The van der Waals surface area contributed by atoms with E-state index in [1.807, 2.05) is 6.92 Å². The third-order valence-corrected chi connectivity index (χ3v) is 2.58. The van der Waals surface area contributed by atoms with Crippen LogP contribution in [0.1, 0.15) is 18.9 Å².